The molecule has 0 atom stereocenters. The minimum absolute atomic E-state index is 0.174. The van der Waals surface area contributed by atoms with Gasteiger partial charge in [0, 0.05) is 11.6 Å². The molecule has 2 rings (SSSR count). The van der Waals surface area contributed by atoms with E-state index in [0.29, 0.717) is 21.5 Å². The zero-order chi connectivity index (χ0) is 9.42. The number of nitrogens with one attached hydrogen (secondary N) is 1. The van der Waals surface area contributed by atoms with E-state index in [0.717, 1.165) is 0 Å². The Labute approximate surface area is 79.1 Å². The predicted molar refractivity (Wildman–Crippen MR) is 54.0 cm³/mol. The summed E-state index contributed by atoms with van der Waals surface area (Å²) in [6, 6.07) is 5.12. The summed E-state index contributed by atoms with van der Waals surface area (Å²) in [6.45, 7) is 0. The average molecular weight is 195 g/mol. The van der Waals surface area contributed by atoms with Gasteiger partial charge in [0.1, 0.15) is 0 Å². The summed E-state index contributed by atoms with van der Waals surface area (Å²) in [5.74, 6) is 0. The lowest BCUT2D eigenvalue weighted by molar-refractivity contribution is 1.28. The lowest BCUT2D eigenvalue weighted by Crippen LogP contribution is -2.06. The van der Waals surface area contributed by atoms with Crippen LogP contribution in [0.25, 0.3) is 10.8 Å². The molecular weight excluding hydrogens is 188 g/mol. The van der Waals surface area contributed by atoms with Crippen LogP contribution in [-0.2, 0) is 0 Å². The number of rotatable bonds is 0. The molecule has 0 radical (unpaired) electrons. The van der Waals surface area contributed by atoms with Gasteiger partial charge in [0.2, 0.25) is 0 Å². The van der Waals surface area contributed by atoms with Gasteiger partial charge in [-0.2, -0.15) is 0 Å². The molecule has 1 aromatic heterocycles. The molecule has 0 saturated heterocycles. The van der Waals surface area contributed by atoms with Crippen molar-refractivity contribution in [2.75, 3.05) is 5.73 Å². The van der Waals surface area contributed by atoms with E-state index in [1.807, 2.05) is 0 Å². The molecule has 66 valence electrons. The van der Waals surface area contributed by atoms with E-state index < -0.39 is 0 Å². The summed E-state index contributed by atoms with van der Waals surface area (Å²) in [4.78, 5) is 13.8. The summed E-state index contributed by atoms with van der Waals surface area (Å²) in [6.07, 6.45) is 1.45. The topological polar surface area (TPSA) is 58.9 Å². The number of hydrogen-bond acceptors (Lipinski definition) is 2. The van der Waals surface area contributed by atoms with Crippen LogP contribution in [0, 0.1) is 0 Å². The zero-order valence-electron chi connectivity index (χ0n) is 6.67. The molecule has 0 fully saturated rings. The summed E-state index contributed by atoms with van der Waals surface area (Å²) in [7, 11) is 0. The largest absolute Gasteiger partial charge is 0.397 e. The molecule has 2 aromatic rings. The molecule has 0 bridgehead atoms. The third-order valence-electron chi connectivity index (χ3n) is 1.91. The first-order valence-electron chi connectivity index (χ1n) is 3.75. The molecule has 1 aromatic carbocycles. The molecule has 0 spiro atoms. The summed E-state index contributed by atoms with van der Waals surface area (Å²) >= 11 is 5.90. The molecule has 13 heavy (non-hydrogen) atoms. The maximum atomic E-state index is 11.3. The van der Waals surface area contributed by atoms with Crippen molar-refractivity contribution in [2.24, 2.45) is 0 Å². The number of nitrogen functional groups attached to an aromatic ring is 1. The minimum Gasteiger partial charge on any atom is -0.397 e. The molecule has 0 saturated carbocycles. The van der Waals surface area contributed by atoms with Crippen molar-refractivity contribution in [1.29, 1.82) is 0 Å². The first-order chi connectivity index (χ1) is 6.20. The Hall–Kier alpha value is -1.48. The normalized spacial score (nSPS) is 10.5. The number of anilines is 1. The van der Waals surface area contributed by atoms with Gasteiger partial charge in [0.15, 0.2) is 0 Å². The van der Waals surface area contributed by atoms with Crippen molar-refractivity contribution in [3.8, 4) is 0 Å². The molecule has 0 aliphatic rings. The van der Waals surface area contributed by atoms with Crippen LogP contribution in [0.2, 0.25) is 5.02 Å². The highest BCUT2D eigenvalue weighted by molar-refractivity contribution is 6.36. The van der Waals surface area contributed by atoms with Gasteiger partial charge in [0.25, 0.3) is 5.56 Å². The molecule has 0 aliphatic heterocycles. The van der Waals surface area contributed by atoms with Crippen molar-refractivity contribution < 1.29 is 0 Å². The average Bonchev–Trinajstić information content (AvgIpc) is 2.12. The van der Waals surface area contributed by atoms with Gasteiger partial charge in [-0.25, -0.2) is 0 Å². The third kappa shape index (κ3) is 1.17. The van der Waals surface area contributed by atoms with E-state index in [1.165, 1.54) is 6.20 Å². The quantitative estimate of drug-likeness (QED) is 0.672. The van der Waals surface area contributed by atoms with Crippen LogP contribution in [0.3, 0.4) is 0 Å². The van der Waals surface area contributed by atoms with Gasteiger partial charge in [0.05, 0.1) is 16.1 Å². The van der Waals surface area contributed by atoms with Gasteiger partial charge in [-0.05, 0) is 12.1 Å². The van der Waals surface area contributed by atoms with Crippen molar-refractivity contribution in [2.45, 2.75) is 0 Å². The van der Waals surface area contributed by atoms with Crippen molar-refractivity contribution in [3.05, 3.63) is 39.8 Å². The van der Waals surface area contributed by atoms with E-state index in [4.69, 9.17) is 17.3 Å². The lowest BCUT2D eigenvalue weighted by Gasteiger charge is -2.01. The number of H-pyrrole nitrogens is 1. The smallest absolute Gasteiger partial charge is 0.256 e. The Morgan fingerprint density at radius 1 is 1.38 bits per heavy atom. The van der Waals surface area contributed by atoms with Gasteiger partial charge in [-0.15, -0.1) is 0 Å². The summed E-state index contributed by atoms with van der Waals surface area (Å²) in [5, 5.41) is 1.64. The van der Waals surface area contributed by atoms with Crippen molar-refractivity contribution >= 4 is 28.1 Å². The Kier molecular flexibility index (Phi) is 1.74. The molecule has 3 nitrogen and oxygen atoms in total. The van der Waals surface area contributed by atoms with Gasteiger partial charge in [-0.1, -0.05) is 17.7 Å². The molecule has 4 heteroatoms. The molecule has 3 N–H and O–H groups in total. The zero-order valence-corrected chi connectivity index (χ0v) is 7.43. The van der Waals surface area contributed by atoms with Crippen LogP contribution in [0.4, 0.5) is 5.69 Å². The SMILES string of the molecule is Nc1c[nH]c(=O)c2cccc(Cl)c12. The first kappa shape index (κ1) is 8.13. The predicted octanol–water partition coefficient (Wildman–Crippen LogP) is 1.76. The Balaban J connectivity index is 3.09. The number of fused-ring (bicyclic) bond motifs is 1. The Morgan fingerprint density at radius 3 is 2.85 bits per heavy atom. The third-order valence-corrected chi connectivity index (χ3v) is 2.22. The second kappa shape index (κ2) is 2.78. The highest BCUT2D eigenvalue weighted by atomic mass is 35.5. The number of hydrogen-bond donors (Lipinski definition) is 2. The van der Waals surface area contributed by atoms with Crippen LogP contribution in [0.1, 0.15) is 0 Å². The standard InChI is InChI=1S/C9H7ClN2O/c10-6-3-1-2-5-8(6)7(11)4-12-9(5)13/h1-4H,11H2,(H,12,13). The van der Waals surface area contributed by atoms with Gasteiger partial charge < -0.3 is 10.7 Å². The minimum atomic E-state index is -0.174. The fourth-order valence-corrected chi connectivity index (χ4v) is 1.58. The van der Waals surface area contributed by atoms with Crippen LogP contribution in [-0.4, -0.2) is 4.98 Å². The number of pyridine rings is 1. The van der Waals surface area contributed by atoms with E-state index in [9.17, 15) is 4.79 Å². The summed E-state index contributed by atoms with van der Waals surface area (Å²) in [5.41, 5.74) is 5.98. The number of nitrogens with two attached hydrogens (primary N) is 1. The molecule has 1 heterocycles. The second-order valence-corrected chi connectivity index (χ2v) is 3.14. The Morgan fingerprint density at radius 2 is 2.15 bits per heavy atom. The van der Waals surface area contributed by atoms with Gasteiger partial charge >= 0.3 is 0 Å². The number of aromatic amines is 1. The van der Waals surface area contributed by atoms with E-state index in [2.05, 4.69) is 4.98 Å². The first-order valence-corrected chi connectivity index (χ1v) is 4.13. The number of benzene rings is 1. The highest BCUT2D eigenvalue weighted by Crippen LogP contribution is 2.25. The second-order valence-electron chi connectivity index (χ2n) is 2.74. The van der Waals surface area contributed by atoms with Crippen LogP contribution in [0.15, 0.2) is 29.2 Å². The lowest BCUT2D eigenvalue weighted by atomic mass is 10.1. The fourth-order valence-electron chi connectivity index (χ4n) is 1.30. The monoisotopic (exact) mass is 194 g/mol. The number of aromatic nitrogens is 1. The van der Waals surface area contributed by atoms with Gasteiger partial charge in [-0.3, -0.25) is 4.79 Å². The van der Waals surface area contributed by atoms with Crippen molar-refractivity contribution in [3.63, 3.8) is 0 Å². The maximum absolute atomic E-state index is 11.3. The highest BCUT2D eigenvalue weighted by Gasteiger charge is 2.04. The molecule has 0 aliphatic carbocycles. The Bertz CT molecular complexity index is 510. The molecule has 0 unspecified atom stereocenters. The van der Waals surface area contributed by atoms with Crippen LogP contribution < -0.4 is 11.3 Å². The molecular formula is C9H7ClN2O. The summed E-state index contributed by atoms with van der Waals surface area (Å²) < 4.78 is 0. The van der Waals surface area contributed by atoms with E-state index in [1.54, 1.807) is 18.2 Å². The van der Waals surface area contributed by atoms with Crippen molar-refractivity contribution in [1.82, 2.24) is 4.98 Å². The fraction of sp³-hybridized carbons (Fsp3) is 0. The number of halogens is 1. The van der Waals surface area contributed by atoms with E-state index in [-0.39, 0.29) is 5.56 Å². The van der Waals surface area contributed by atoms with Crippen LogP contribution in [0.5, 0.6) is 0 Å². The van der Waals surface area contributed by atoms with E-state index >= 15 is 0 Å². The van der Waals surface area contributed by atoms with Crippen LogP contribution >= 0.6 is 11.6 Å². The molecule has 0 amide bonds. The maximum Gasteiger partial charge on any atom is 0.256 e.